The maximum Gasteiger partial charge on any atom is 0.285 e. The summed E-state index contributed by atoms with van der Waals surface area (Å²) in [4.78, 5) is 17.1. The van der Waals surface area contributed by atoms with E-state index in [4.69, 9.17) is 0 Å². The second kappa shape index (κ2) is 5.65. The molecule has 2 aliphatic heterocycles. The van der Waals surface area contributed by atoms with Gasteiger partial charge in [-0.1, -0.05) is 17.8 Å². The zero-order chi connectivity index (χ0) is 14.1. The van der Waals surface area contributed by atoms with E-state index in [1.54, 1.807) is 7.05 Å². The molecule has 2 unspecified atom stereocenters. The molecule has 3 rings (SSSR count). The van der Waals surface area contributed by atoms with Crippen LogP contribution in [0.4, 0.5) is 5.13 Å². The number of hydrogen-bond acceptors (Lipinski definition) is 6. The van der Waals surface area contributed by atoms with Crippen LogP contribution in [0.2, 0.25) is 0 Å². The van der Waals surface area contributed by atoms with Gasteiger partial charge >= 0.3 is 0 Å². The number of hydrogen-bond donors (Lipinski definition) is 1. The molecular weight excluding hydrogens is 274 g/mol. The number of rotatable bonds is 2. The number of nitrogens with zero attached hydrogens (tertiary/aromatic N) is 4. The van der Waals surface area contributed by atoms with Crippen molar-refractivity contribution in [2.75, 3.05) is 32.0 Å². The summed E-state index contributed by atoms with van der Waals surface area (Å²) < 4.78 is 0. The van der Waals surface area contributed by atoms with Crippen LogP contribution in [0.3, 0.4) is 0 Å². The van der Waals surface area contributed by atoms with Crippen LogP contribution in [-0.2, 0) is 0 Å². The van der Waals surface area contributed by atoms with Gasteiger partial charge in [0.15, 0.2) is 0 Å². The van der Waals surface area contributed by atoms with Crippen molar-refractivity contribution in [2.24, 2.45) is 0 Å². The fourth-order valence-corrected chi connectivity index (χ4v) is 3.82. The van der Waals surface area contributed by atoms with Crippen molar-refractivity contribution in [1.29, 1.82) is 0 Å². The first-order valence-electron chi connectivity index (χ1n) is 7.25. The minimum Gasteiger partial charge on any atom is -0.363 e. The molecule has 1 aromatic rings. The van der Waals surface area contributed by atoms with Gasteiger partial charge < -0.3 is 10.2 Å². The monoisotopic (exact) mass is 295 g/mol. The quantitative estimate of drug-likeness (QED) is 0.890. The molecule has 0 aliphatic carbocycles. The highest BCUT2D eigenvalue weighted by atomic mass is 32.1. The second-order valence-corrected chi connectivity index (χ2v) is 6.59. The normalized spacial score (nSPS) is 27.2. The molecule has 6 nitrogen and oxygen atoms in total. The number of nitrogens with one attached hydrogen (secondary N) is 1. The summed E-state index contributed by atoms with van der Waals surface area (Å²) in [6, 6.07) is 0.777. The molecule has 110 valence electrons. The number of piperidine rings is 1. The summed E-state index contributed by atoms with van der Waals surface area (Å²) >= 11 is 1.33. The number of aromatic nitrogens is 2. The lowest BCUT2D eigenvalue weighted by molar-refractivity contribution is 0.0151. The van der Waals surface area contributed by atoms with Gasteiger partial charge in [0, 0.05) is 32.2 Å². The number of carbonyl (C=O) groups is 1. The van der Waals surface area contributed by atoms with Gasteiger partial charge in [0.05, 0.1) is 0 Å². The molecule has 1 aromatic heterocycles. The minimum atomic E-state index is 0.0294. The molecule has 0 bridgehead atoms. The molecule has 0 spiro atoms. The minimum absolute atomic E-state index is 0.0294. The molecule has 20 heavy (non-hydrogen) atoms. The second-order valence-electron chi connectivity index (χ2n) is 5.61. The first-order chi connectivity index (χ1) is 9.69. The maximum atomic E-state index is 12.6. The van der Waals surface area contributed by atoms with Gasteiger partial charge in [-0.3, -0.25) is 9.69 Å². The van der Waals surface area contributed by atoms with Crippen LogP contribution in [0.5, 0.6) is 0 Å². The Morgan fingerprint density at radius 1 is 1.35 bits per heavy atom. The third-order valence-electron chi connectivity index (χ3n) is 4.27. The van der Waals surface area contributed by atoms with E-state index in [2.05, 4.69) is 27.3 Å². The first kappa shape index (κ1) is 13.8. The SMILES string of the molecule is CNc1nnc(C(=O)N2CC3CCCCN3CC2C)s1. The Morgan fingerprint density at radius 2 is 2.20 bits per heavy atom. The van der Waals surface area contributed by atoms with E-state index in [1.165, 1.54) is 37.1 Å². The van der Waals surface area contributed by atoms with Gasteiger partial charge in [0.2, 0.25) is 10.1 Å². The van der Waals surface area contributed by atoms with Crippen LogP contribution in [-0.4, -0.2) is 64.7 Å². The van der Waals surface area contributed by atoms with E-state index in [0.29, 0.717) is 16.2 Å². The molecule has 2 aliphatic rings. The van der Waals surface area contributed by atoms with E-state index in [1.807, 2.05) is 4.90 Å². The van der Waals surface area contributed by atoms with Crippen LogP contribution in [0.25, 0.3) is 0 Å². The highest BCUT2D eigenvalue weighted by Gasteiger charge is 2.36. The van der Waals surface area contributed by atoms with Crippen LogP contribution < -0.4 is 5.32 Å². The van der Waals surface area contributed by atoms with Crippen molar-refractivity contribution in [3.8, 4) is 0 Å². The van der Waals surface area contributed by atoms with E-state index < -0.39 is 0 Å². The van der Waals surface area contributed by atoms with Gasteiger partial charge in [-0.2, -0.15) is 0 Å². The lowest BCUT2D eigenvalue weighted by Gasteiger charge is -2.47. The summed E-state index contributed by atoms with van der Waals surface area (Å²) in [6.07, 6.45) is 3.77. The molecular formula is C13H21N5OS. The van der Waals surface area contributed by atoms with Gasteiger partial charge in [-0.05, 0) is 26.3 Å². The highest BCUT2D eigenvalue weighted by molar-refractivity contribution is 7.17. The van der Waals surface area contributed by atoms with Crippen molar-refractivity contribution in [3.63, 3.8) is 0 Å². The maximum absolute atomic E-state index is 12.6. The van der Waals surface area contributed by atoms with Crippen molar-refractivity contribution in [1.82, 2.24) is 20.0 Å². The van der Waals surface area contributed by atoms with Gasteiger partial charge in [-0.25, -0.2) is 0 Å². The Labute approximate surface area is 123 Å². The lowest BCUT2D eigenvalue weighted by atomic mass is 9.97. The smallest absolute Gasteiger partial charge is 0.285 e. The number of carbonyl (C=O) groups excluding carboxylic acids is 1. The predicted octanol–water partition coefficient (Wildman–Crippen LogP) is 1.28. The van der Waals surface area contributed by atoms with Crippen LogP contribution in [0.15, 0.2) is 0 Å². The molecule has 1 N–H and O–H groups in total. The molecule has 0 radical (unpaired) electrons. The standard InChI is InChI=1S/C13H21N5OS/c1-9-7-17-6-4-3-5-10(17)8-18(9)12(19)11-15-16-13(14-2)20-11/h9-10H,3-8H2,1-2H3,(H,14,16). The molecule has 2 saturated heterocycles. The van der Waals surface area contributed by atoms with Gasteiger partial charge in [0.1, 0.15) is 0 Å². The zero-order valence-electron chi connectivity index (χ0n) is 12.0. The number of piperazine rings is 1. The predicted molar refractivity (Wildman–Crippen MR) is 79.2 cm³/mol. The largest absolute Gasteiger partial charge is 0.363 e. The molecule has 1 amide bonds. The molecule has 2 atom stereocenters. The Morgan fingerprint density at radius 3 is 2.95 bits per heavy atom. The average molecular weight is 295 g/mol. The van der Waals surface area contributed by atoms with E-state index in [9.17, 15) is 4.79 Å². The first-order valence-corrected chi connectivity index (χ1v) is 8.07. The Balaban J connectivity index is 1.73. The summed E-state index contributed by atoms with van der Waals surface area (Å²) in [5.41, 5.74) is 0. The van der Waals surface area contributed by atoms with Crippen molar-refractivity contribution in [3.05, 3.63) is 5.01 Å². The van der Waals surface area contributed by atoms with E-state index in [0.717, 1.165) is 13.1 Å². The third-order valence-corrected chi connectivity index (χ3v) is 5.20. The van der Waals surface area contributed by atoms with Crippen LogP contribution in [0.1, 0.15) is 36.0 Å². The number of fused-ring (bicyclic) bond motifs is 1. The molecule has 7 heteroatoms. The van der Waals surface area contributed by atoms with Crippen molar-refractivity contribution in [2.45, 2.75) is 38.3 Å². The van der Waals surface area contributed by atoms with Gasteiger partial charge in [0.25, 0.3) is 5.91 Å². The number of amides is 1. The number of anilines is 1. The summed E-state index contributed by atoms with van der Waals surface area (Å²) in [7, 11) is 1.79. The Hall–Kier alpha value is -1.21. The summed E-state index contributed by atoms with van der Waals surface area (Å²) in [5.74, 6) is 0.0294. The zero-order valence-corrected chi connectivity index (χ0v) is 12.8. The molecule has 0 saturated carbocycles. The fraction of sp³-hybridized carbons (Fsp3) is 0.769. The molecule has 0 aromatic carbocycles. The van der Waals surface area contributed by atoms with Crippen LogP contribution >= 0.6 is 11.3 Å². The van der Waals surface area contributed by atoms with Crippen LogP contribution in [0, 0.1) is 0 Å². The molecule has 3 heterocycles. The van der Waals surface area contributed by atoms with Crippen molar-refractivity contribution < 1.29 is 4.79 Å². The van der Waals surface area contributed by atoms with Gasteiger partial charge in [-0.15, -0.1) is 10.2 Å². The highest BCUT2D eigenvalue weighted by Crippen LogP contribution is 2.26. The topological polar surface area (TPSA) is 61.4 Å². The summed E-state index contributed by atoms with van der Waals surface area (Å²) in [5, 5.41) is 12.1. The van der Waals surface area contributed by atoms with E-state index >= 15 is 0 Å². The van der Waals surface area contributed by atoms with Crippen molar-refractivity contribution >= 4 is 22.4 Å². The Kier molecular flexibility index (Phi) is 3.89. The lowest BCUT2D eigenvalue weighted by Crippen LogP contribution is -2.60. The Bertz CT molecular complexity index is 491. The third kappa shape index (κ3) is 2.52. The molecule has 2 fully saturated rings. The summed E-state index contributed by atoms with van der Waals surface area (Å²) in [6.45, 7) is 5.12. The fourth-order valence-electron chi connectivity index (χ4n) is 3.17. The average Bonchev–Trinajstić information content (AvgIpc) is 2.94. The van der Waals surface area contributed by atoms with E-state index in [-0.39, 0.29) is 11.9 Å².